The minimum atomic E-state index is 0.287. The number of aliphatic hydroxyl groups is 1. The molecule has 3 nitrogen and oxygen atoms in total. The third kappa shape index (κ3) is 5.14. The second-order valence-corrected chi connectivity index (χ2v) is 4.03. The van der Waals surface area contributed by atoms with Gasteiger partial charge in [0.1, 0.15) is 4.60 Å². The maximum Gasteiger partial charge on any atom is 0.152 e. The Hall–Kier alpha value is -0.610. The van der Waals surface area contributed by atoms with Gasteiger partial charge in [0.25, 0.3) is 0 Å². The van der Waals surface area contributed by atoms with Crippen LogP contribution in [0.1, 0.15) is 25.7 Å². The van der Waals surface area contributed by atoms with Crippen LogP contribution < -0.4 is 4.74 Å². The normalized spacial score (nSPS) is 10.3. The number of halogens is 1. The Kier molecular flexibility index (Phi) is 6.36. The van der Waals surface area contributed by atoms with Gasteiger partial charge in [-0.2, -0.15) is 0 Å². The first-order chi connectivity index (χ1) is 7.34. The molecule has 1 heterocycles. The molecule has 0 aromatic carbocycles. The van der Waals surface area contributed by atoms with E-state index >= 15 is 0 Å². The monoisotopic (exact) mass is 273 g/mol. The molecule has 0 amide bonds. The average molecular weight is 274 g/mol. The van der Waals surface area contributed by atoms with Crippen LogP contribution in [0.25, 0.3) is 0 Å². The molecule has 4 heteroatoms. The van der Waals surface area contributed by atoms with Crippen molar-refractivity contribution in [2.45, 2.75) is 25.7 Å². The minimum Gasteiger partial charge on any atom is -0.491 e. The molecule has 0 aliphatic carbocycles. The van der Waals surface area contributed by atoms with Crippen molar-refractivity contribution >= 4 is 15.9 Å². The Labute approximate surface area is 98.6 Å². The van der Waals surface area contributed by atoms with E-state index in [1.807, 2.05) is 12.1 Å². The molecule has 0 bridgehead atoms. The Morgan fingerprint density at radius 2 is 2.07 bits per heavy atom. The summed E-state index contributed by atoms with van der Waals surface area (Å²) in [5.41, 5.74) is 0. The molecular formula is C11H16BrNO2. The summed E-state index contributed by atoms with van der Waals surface area (Å²) in [6.45, 7) is 0.991. The highest BCUT2D eigenvalue weighted by Gasteiger charge is 1.99. The summed E-state index contributed by atoms with van der Waals surface area (Å²) in [6, 6.07) is 3.75. The fourth-order valence-corrected chi connectivity index (χ4v) is 1.59. The van der Waals surface area contributed by atoms with Crippen LogP contribution >= 0.6 is 15.9 Å². The molecule has 15 heavy (non-hydrogen) atoms. The zero-order chi connectivity index (χ0) is 10.9. The summed E-state index contributed by atoms with van der Waals surface area (Å²) in [7, 11) is 0. The van der Waals surface area contributed by atoms with Crippen LogP contribution in [-0.4, -0.2) is 23.3 Å². The SMILES string of the molecule is OCCCCCCOc1cccnc1Br. The Bertz CT molecular complexity index is 281. The molecule has 0 aliphatic heterocycles. The van der Waals surface area contributed by atoms with Gasteiger partial charge >= 0.3 is 0 Å². The molecule has 1 N–H and O–H groups in total. The highest BCUT2D eigenvalue weighted by molar-refractivity contribution is 9.10. The van der Waals surface area contributed by atoms with Gasteiger partial charge in [-0.15, -0.1) is 0 Å². The number of unbranched alkanes of at least 4 members (excludes halogenated alkanes) is 3. The van der Waals surface area contributed by atoms with Crippen LogP contribution in [0.2, 0.25) is 0 Å². The van der Waals surface area contributed by atoms with Crippen molar-refractivity contribution in [3.63, 3.8) is 0 Å². The van der Waals surface area contributed by atoms with E-state index in [-0.39, 0.29) is 6.61 Å². The predicted molar refractivity (Wildman–Crippen MR) is 63.0 cm³/mol. The smallest absolute Gasteiger partial charge is 0.152 e. The van der Waals surface area contributed by atoms with Crippen molar-refractivity contribution in [3.05, 3.63) is 22.9 Å². The van der Waals surface area contributed by atoms with E-state index in [1.165, 1.54) is 0 Å². The Balaban J connectivity index is 2.12. The largest absolute Gasteiger partial charge is 0.491 e. The number of aromatic nitrogens is 1. The van der Waals surface area contributed by atoms with Crippen LogP contribution in [-0.2, 0) is 0 Å². The number of hydrogen-bond donors (Lipinski definition) is 1. The van der Waals surface area contributed by atoms with Gasteiger partial charge in [-0.3, -0.25) is 0 Å². The number of pyridine rings is 1. The van der Waals surface area contributed by atoms with E-state index in [9.17, 15) is 0 Å². The lowest BCUT2D eigenvalue weighted by Crippen LogP contribution is -1.98. The van der Waals surface area contributed by atoms with Crippen molar-refractivity contribution in [3.8, 4) is 5.75 Å². The lowest BCUT2D eigenvalue weighted by atomic mass is 10.2. The van der Waals surface area contributed by atoms with Crippen LogP contribution in [0.15, 0.2) is 22.9 Å². The fourth-order valence-electron chi connectivity index (χ4n) is 1.23. The van der Waals surface area contributed by atoms with Crippen LogP contribution in [0.5, 0.6) is 5.75 Å². The second-order valence-electron chi connectivity index (χ2n) is 3.28. The maximum atomic E-state index is 8.59. The predicted octanol–water partition coefficient (Wildman–Crippen LogP) is 2.78. The summed E-state index contributed by atoms with van der Waals surface area (Å²) in [6.07, 6.45) is 5.78. The second kappa shape index (κ2) is 7.65. The average Bonchev–Trinajstić information content (AvgIpc) is 2.25. The zero-order valence-electron chi connectivity index (χ0n) is 8.66. The molecule has 0 spiro atoms. The lowest BCUT2D eigenvalue weighted by Gasteiger charge is -2.06. The molecule has 84 valence electrons. The van der Waals surface area contributed by atoms with E-state index in [0.29, 0.717) is 6.61 Å². The first kappa shape index (κ1) is 12.5. The Morgan fingerprint density at radius 1 is 1.27 bits per heavy atom. The van der Waals surface area contributed by atoms with E-state index in [4.69, 9.17) is 9.84 Å². The summed E-state index contributed by atoms with van der Waals surface area (Å²) < 4.78 is 6.30. The standard InChI is InChI=1S/C11H16BrNO2/c12-11-10(6-5-7-13-11)15-9-4-2-1-3-8-14/h5-7,14H,1-4,8-9H2. The van der Waals surface area contributed by atoms with Crippen molar-refractivity contribution in [2.75, 3.05) is 13.2 Å². The minimum absolute atomic E-state index is 0.287. The zero-order valence-corrected chi connectivity index (χ0v) is 10.2. The van der Waals surface area contributed by atoms with Crippen molar-refractivity contribution in [2.24, 2.45) is 0 Å². The van der Waals surface area contributed by atoms with Crippen LogP contribution in [0.4, 0.5) is 0 Å². The number of rotatable bonds is 7. The molecular weight excluding hydrogens is 258 g/mol. The van der Waals surface area contributed by atoms with Crippen molar-refractivity contribution in [1.82, 2.24) is 4.98 Å². The van der Waals surface area contributed by atoms with Crippen LogP contribution in [0, 0.1) is 0 Å². The summed E-state index contributed by atoms with van der Waals surface area (Å²) in [5, 5.41) is 8.59. The Morgan fingerprint density at radius 3 is 2.80 bits per heavy atom. The van der Waals surface area contributed by atoms with Crippen LogP contribution in [0.3, 0.4) is 0 Å². The summed E-state index contributed by atoms with van der Waals surface area (Å²) >= 11 is 3.32. The van der Waals surface area contributed by atoms with Gasteiger partial charge in [0.15, 0.2) is 5.75 Å². The third-order valence-electron chi connectivity index (χ3n) is 2.03. The van der Waals surface area contributed by atoms with Crippen molar-refractivity contribution in [1.29, 1.82) is 0 Å². The number of hydrogen-bond acceptors (Lipinski definition) is 3. The molecule has 1 aromatic rings. The van der Waals surface area contributed by atoms with Gasteiger partial charge in [0.05, 0.1) is 6.61 Å². The number of aliphatic hydroxyl groups excluding tert-OH is 1. The maximum absolute atomic E-state index is 8.59. The molecule has 0 radical (unpaired) electrons. The molecule has 0 fully saturated rings. The molecule has 0 saturated carbocycles. The fraction of sp³-hybridized carbons (Fsp3) is 0.545. The number of nitrogens with zero attached hydrogens (tertiary/aromatic N) is 1. The molecule has 1 rings (SSSR count). The highest BCUT2D eigenvalue weighted by Crippen LogP contribution is 2.21. The third-order valence-corrected chi connectivity index (χ3v) is 2.63. The lowest BCUT2D eigenvalue weighted by molar-refractivity contribution is 0.273. The van der Waals surface area contributed by atoms with Gasteiger partial charge in [0, 0.05) is 12.8 Å². The quantitative estimate of drug-likeness (QED) is 0.614. The van der Waals surface area contributed by atoms with E-state index in [1.54, 1.807) is 6.20 Å². The van der Waals surface area contributed by atoms with Gasteiger partial charge in [-0.1, -0.05) is 6.42 Å². The topological polar surface area (TPSA) is 42.4 Å². The highest BCUT2D eigenvalue weighted by atomic mass is 79.9. The van der Waals surface area contributed by atoms with E-state index in [0.717, 1.165) is 36.0 Å². The molecule has 0 atom stereocenters. The van der Waals surface area contributed by atoms with Gasteiger partial charge in [-0.05, 0) is 47.3 Å². The van der Waals surface area contributed by atoms with Gasteiger partial charge in [-0.25, -0.2) is 4.98 Å². The molecule has 0 unspecified atom stereocenters. The van der Waals surface area contributed by atoms with E-state index in [2.05, 4.69) is 20.9 Å². The van der Waals surface area contributed by atoms with Gasteiger partial charge < -0.3 is 9.84 Å². The first-order valence-corrected chi connectivity index (χ1v) is 5.98. The summed E-state index contributed by atoms with van der Waals surface area (Å²) in [5.74, 6) is 0.791. The number of ether oxygens (including phenoxy) is 1. The van der Waals surface area contributed by atoms with Crippen molar-refractivity contribution < 1.29 is 9.84 Å². The molecule has 1 aromatic heterocycles. The summed E-state index contributed by atoms with van der Waals surface area (Å²) in [4.78, 5) is 4.07. The molecule has 0 saturated heterocycles. The van der Waals surface area contributed by atoms with Gasteiger partial charge in [0.2, 0.25) is 0 Å². The van der Waals surface area contributed by atoms with E-state index < -0.39 is 0 Å². The first-order valence-electron chi connectivity index (χ1n) is 5.19. The molecule has 0 aliphatic rings.